The number of carbonyl (C=O) groups is 1. The van der Waals surface area contributed by atoms with E-state index in [4.69, 9.17) is 0 Å². The summed E-state index contributed by atoms with van der Waals surface area (Å²) in [6, 6.07) is 2.03. The molecule has 0 amide bonds. The molecule has 0 aromatic carbocycles. The van der Waals surface area contributed by atoms with Crippen LogP contribution in [-0.2, 0) is 20.1 Å². The lowest BCUT2D eigenvalue weighted by Gasteiger charge is -2.34. The van der Waals surface area contributed by atoms with Crippen molar-refractivity contribution in [2.45, 2.75) is 20.0 Å². The number of nitrogens with zero attached hydrogens (tertiary/aromatic N) is 4. The fourth-order valence-electron chi connectivity index (χ4n) is 2.76. The van der Waals surface area contributed by atoms with Crippen molar-refractivity contribution in [2.75, 3.05) is 26.2 Å². The van der Waals surface area contributed by atoms with E-state index in [2.05, 4.69) is 24.7 Å². The molecule has 3 heterocycles. The van der Waals surface area contributed by atoms with Crippen molar-refractivity contribution in [1.82, 2.24) is 19.4 Å². The summed E-state index contributed by atoms with van der Waals surface area (Å²) in [5.41, 5.74) is 1.26. The molecule has 1 saturated heterocycles. The number of rotatable bonds is 5. The van der Waals surface area contributed by atoms with E-state index in [-0.39, 0.29) is 5.78 Å². The van der Waals surface area contributed by atoms with Crippen molar-refractivity contribution in [3.8, 4) is 0 Å². The van der Waals surface area contributed by atoms with Gasteiger partial charge >= 0.3 is 0 Å². The van der Waals surface area contributed by atoms with Gasteiger partial charge in [-0.25, -0.2) is 4.98 Å². The molecule has 1 aliphatic heterocycles. The topological polar surface area (TPSA) is 41.4 Å². The minimum absolute atomic E-state index is 0.163. The van der Waals surface area contributed by atoms with Crippen LogP contribution in [0.4, 0.5) is 0 Å². The van der Waals surface area contributed by atoms with Gasteiger partial charge in [-0.3, -0.25) is 14.6 Å². The van der Waals surface area contributed by atoms with Crippen molar-refractivity contribution in [2.24, 2.45) is 7.05 Å². The largest absolute Gasteiger partial charge is 0.337 e. The highest BCUT2D eigenvalue weighted by molar-refractivity contribution is 7.12. The number of Topliss-reactive ketones (excluding diaryl/α,β-unsaturated/α-hetero) is 1. The highest BCUT2D eigenvalue weighted by Gasteiger charge is 2.18. The van der Waals surface area contributed by atoms with Crippen LogP contribution in [0.25, 0.3) is 0 Å². The zero-order chi connectivity index (χ0) is 15.5. The van der Waals surface area contributed by atoms with Crippen LogP contribution in [0, 0.1) is 0 Å². The maximum absolute atomic E-state index is 11.4. The Morgan fingerprint density at radius 3 is 2.45 bits per heavy atom. The molecular formula is C16H22N4OS. The number of imidazole rings is 1. The van der Waals surface area contributed by atoms with Crippen LogP contribution >= 0.6 is 11.3 Å². The van der Waals surface area contributed by atoms with Crippen LogP contribution in [0.5, 0.6) is 0 Å². The van der Waals surface area contributed by atoms with Crippen molar-refractivity contribution in [1.29, 1.82) is 0 Å². The maximum Gasteiger partial charge on any atom is 0.169 e. The highest BCUT2D eigenvalue weighted by Crippen LogP contribution is 2.18. The molecule has 118 valence electrons. The summed E-state index contributed by atoms with van der Waals surface area (Å²) in [4.78, 5) is 21.5. The average Bonchev–Trinajstić information content (AvgIpc) is 3.11. The van der Waals surface area contributed by atoms with Gasteiger partial charge in [0.15, 0.2) is 5.78 Å². The molecule has 22 heavy (non-hydrogen) atoms. The fraction of sp³-hybridized carbons (Fsp3) is 0.500. The summed E-state index contributed by atoms with van der Waals surface area (Å²) in [7, 11) is 2.04. The molecule has 6 heteroatoms. The molecule has 2 aromatic rings. The first kappa shape index (κ1) is 15.4. The fourth-order valence-corrected chi connectivity index (χ4v) is 3.56. The number of ketones is 1. The molecule has 5 nitrogen and oxygen atoms in total. The predicted octanol–water partition coefficient (Wildman–Crippen LogP) is 2.00. The van der Waals surface area contributed by atoms with Crippen LogP contribution < -0.4 is 0 Å². The number of hydrogen-bond donors (Lipinski definition) is 0. The van der Waals surface area contributed by atoms with E-state index in [0.717, 1.165) is 50.0 Å². The van der Waals surface area contributed by atoms with Gasteiger partial charge in [0.2, 0.25) is 0 Å². The van der Waals surface area contributed by atoms with Gasteiger partial charge in [0.25, 0.3) is 0 Å². The van der Waals surface area contributed by atoms with E-state index in [9.17, 15) is 4.79 Å². The van der Waals surface area contributed by atoms with Crippen LogP contribution in [0.1, 0.15) is 28.0 Å². The van der Waals surface area contributed by atoms with Crippen molar-refractivity contribution in [3.05, 3.63) is 40.1 Å². The van der Waals surface area contributed by atoms with Gasteiger partial charge < -0.3 is 4.57 Å². The van der Waals surface area contributed by atoms with E-state index >= 15 is 0 Å². The Morgan fingerprint density at radius 1 is 1.23 bits per heavy atom. The molecule has 0 spiro atoms. The summed E-state index contributed by atoms with van der Waals surface area (Å²) < 4.78 is 2.08. The molecule has 0 saturated carbocycles. The molecule has 0 N–H and O–H groups in total. The molecule has 0 radical (unpaired) electrons. The lowest BCUT2D eigenvalue weighted by atomic mass is 10.2. The van der Waals surface area contributed by atoms with E-state index in [0.29, 0.717) is 0 Å². The lowest BCUT2D eigenvalue weighted by Crippen LogP contribution is -2.45. The van der Waals surface area contributed by atoms with E-state index in [1.807, 2.05) is 25.5 Å². The molecule has 1 fully saturated rings. The van der Waals surface area contributed by atoms with Crippen LogP contribution in [0.3, 0.4) is 0 Å². The monoisotopic (exact) mass is 318 g/mol. The van der Waals surface area contributed by atoms with E-state index in [1.165, 1.54) is 5.56 Å². The zero-order valence-electron chi connectivity index (χ0n) is 13.2. The van der Waals surface area contributed by atoms with Crippen molar-refractivity contribution < 1.29 is 4.79 Å². The number of aromatic nitrogens is 2. The van der Waals surface area contributed by atoms with Gasteiger partial charge in [0.1, 0.15) is 5.82 Å². The Hall–Kier alpha value is -1.50. The number of thiophene rings is 1. The third kappa shape index (κ3) is 3.63. The molecule has 0 unspecified atom stereocenters. The van der Waals surface area contributed by atoms with Gasteiger partial charge in [-0.2, -0.15) is 0 Å². The number of hydrogen-bond acceptors (Lipinski definition) is 5. The highest BCUT2D eigenvalue weighted by atomic mass is 32.1. The summed E-state index contributed by atoms with van der Waals surface area (Å²) in [5, 5.41) is 2.11. The Balaban J connectivity index is 1.49. The maximum atomic E-state index is 11.4. The second-order valence-corrected chi connectivity index (χ2v) is 6.79. The smallest absolute Gasteiger partial charge is 0.169 e. The molecule has 0 atom stereocenters. The summed E-state index contributed by atoms with van der Waals surface area (Å²) in [6.45, 7) is 7.76. The summed E-state index contributed by atoms with van der Waals surface area (Å²) >= 11 is 1.55. The average molecular weight is 318 g/mol. The number of aryl methyl sites for hydroxylation is 1. The van der Waals surface area contributed by atoms with Crippen molar-refractivity contribution >= 4 is 17.1 Å². The quantitative estimate of drug-likeness (QED) is 0.791. The second kappa shape index (κ2) is 6.73. The zero-order valence-corrected chi connectivity index (χ0v) is 14.0. The number of carbonyl (C=O) groups excluding carboxylic acids is 1. The van der Waals surface area contributed by atoms with E-state index in [1.54, 1.807) is 18.3 Å². The molecule has 0 bridgehead atoms. The molecule has 1 aliphatic rings. The van der Waals surface area contributed by atoms with Crippen LogP contribution in [0.2, 0.25) is 0 Å². The van der Waals surface area contributed by atoms with Gasteiger partial charge in [-0.15, -0.1) is 11.3 Å². The second-order valence-electron chi connectivity index (χ2n) is 5.88. The third-order valence-electron chi connectivity index (χ3n) is 4.16. The first-order chi connectivity index (χ1) is 10.6. The Labute approximate surface area is 135 Å². The first-order valence-corrected chi connectivity index (χ1v) is 8.49. The van der Waals surface area contributed by atoms with Gasteiger partial charge in [0, 0.05) is 52.2 Å². The predicted molar refractivity (Wildman–Crippen MR) is 88.1 cm³/mol. The van der Waals surface area contributed by atoms with E-state index < -0.39 is 0 Å². The number of piperazine rings is 1. The van der Waals surface area contributed by atoms with Crippen LogP contribution in [-0.4, -0.2) is 51.3 Å². The normalized spacial score (nSPS) is 17.0. The molecule has 0 aliphatic carbocycles. The van der Waals surface area contributed by atoms with Crippen molar-refractivity contribution in [3.63, 3.8) is 0 Å². The SMILES string of the molecule is CC(=O)c1cc(CN2CCN(Cc3nccn3C)CC2)cs1. The van der Waals surface area contributed by atoms with Gasteiger partial charge in [-0.05, 0) is 23.9 Å². The molecule has 2 aromatic heterocycles. The molecule has 3 rings (SSSR count). The van der Waals surface area contributed by atoms with Gasteiger partial charge in [0.05, 0.1) is 11.4 Å². The summed E-state index contributed by atoms with van der Waals surface area (Å²) in [6.07, 6.45) is 3.85. The standard InChI is InChI=1S/C16H22N4OS/c1-13(21)15-9-14(12-22-15)10-19-5-7-20(8-6-19)11-16-17-3-4-18(16)2/h3-4,9,12H,5-8,10-11H2,1-2H3. The Kier molecular flexibility index (Phi) is 4.71. The van der Waals surface area contributed by atoms with Gasteiger partial charge in [-0.1, -0.05) is 0 Å². The Morgan fingerprint density at radius 2 is 1.91 bits per heavy atom. The lowest BCUT2D eigenvalue weighted by molar-refractivity contribution is 0.102. The summed E-state index contributed by atoms with van der Waals surface area (Å²) in [5.74, 6) is 1.29. The first-order valence-electron chi connectivity index (χ1n) is 7.61. The van der Waals surface area contributed by atoms with Crippen LogP contribution in [0.15, 0.2) is 23.8 Å². The molecular weight excluding hydrogens is 296 g/mol. The third-order valence-corrected chi connectivity index (χ3v) is 5.24. The minimum atomic E-state index is 0.163. The minimum Gasteiger partial charge on any atom is -0.337 e. The Bertz CT molecular complexity index is 640.